The lowest BCUT2D eigenvalue weighted by Gasteiger charge is -2.23. The molecular formula is C30H49NO. The van der Waals surface area contributed by atoms with E-state index in [4.69, 9.17) is 0 Å². The number of aliphatic hydroxyl groups excluding tert-OH is 1. The van der Waals surface area contributed by atoms with Gasteiger partial charge >= 0.3 is 0 Å². The lowest BCUT2D eigenvalue weighted by Crippen LogP contribution is -2.27. The third-order valence-electron chi connectivity index (χ3n) is 6.79. The van der Waals surface area contributed by atoms with E-state index in [1.807, 2.05) is 0 Å². The monoisotopic (exact) mass is 439 g/mol. The molecule has 32 heavy (non-hydrogen) atoms. The van der Waals surface area contributed by atoms with E-state index in [1.54, 1.807) is 0 Å². The van der Waals surface area contributed by atoms with Gasteiger partial charge in [0.2, 0.25) is 0 Å². The van der Waals surface area contributed by atoms with Crippen molar-refractivity contribution in [1.82, 2.24) is 4.90 Å². The topological polar surface area (TPSA) is 23.5 Å². The summed E-state index contributed by atoms with van der Waals surface area (Å²) in [5.74, 6) is 0. The molecule has 0 saturated heterocycles. The summed E-state index contributed by atoms with van der Waals surface area (Å²) in [6.07, 6.45) is 17.9. The van der Waals surface area contributed by atoms with Crippen LogP contribution in [0.15, 0.2) is 42.5 Å². The molecule has 0 aliphatic carbocycles. The summed E-state index contributed by atoms with van der Waals surface area (Å²) >= 11 is 0. The van der Waals surface area contributed by atoms with Crippen molar-refractivity contribution in [3.63, 3.8) is 0 Å². The zero-order chi connectivity index (χ0) is 22.9. The molecule has 2 rings (SSSR count). The SMILES string of the molecule is CCCCCCCCN(CCCCCCCC)CCCC(O)c1cccc2ccccc12. The van der Waals surface area contributed by atoms with Crippen molar-refractivity contribution in [1.29, 1.82) is 0 Å². The van der Waals surface area contributed by atoms with Crippen LogP contribution in [0.3, 0.4) is 0 Å². The van der Waals surface area contributed by atoms with Crippen molar-refractivity contribution in [2.24, 2.45) is 0 Å². The molecule has 2 aromatic rings. The molecule has 0 spiro atoms. The molecule has 180 valence electrons. The van der Waals surface area contributed by atoms with Gasteiger partial charge in [-0.2, -0.15) is 0 Å². The summed E-state index contributed by atoms with van der Waals surface area (Å²) in [5, 5.41) is 13.3. The fourth-order valence-electron chi connectivity index (χ4n) is 4.77. The average molecular weight is 440 g/mol. The van der Waals surface area contributed by atoms with Gasteiger partial charge in [-0.3, -0.25) is 0 Å². The number of rotatable bonds is 19. The number of hydrogen-bond donors (Lipinski definition) is 1. The highest BCUT2D eigenvalue weighted by molar-refractivity contribution is 5.85. The fourth-order valence-corrected chi connectivity index (χ4v) is 4.77. The van der Waals surface area contributed by atoms with Crippen LogP contribution in [0.25, 0.3) is 10.8 Å². The first-order valence-corrected chi connectivity index (χ1v) is 13.6. The predicted molar refractivity (Wildman–Crippen MR) is 141 cm³/mol. The maximum atomic E-state index is 10.9. The molecule has 2 heteroatoms. The number of unbranched alkanes of at least 4 members (excludes halogenated alkanes) is 10. The Hall–Kier alpha value is -1.38. The van der Waals surface area contributed by atoms with Crippen molar-refractivity contribution in [3.8, 4) is 0 Å². The van der Waals surface area contributed by atoms with Gasteiger partial charge in [-0.15, -0.1) is 0 Å². The average Bonchev–Trinajstić information content (AvgIpc) is 2.82. The van der Waals surface area contributed by atoms with Crippen LogP contribution in [0.5, 0.6) is 0 Å². The quantitative estimate of drug-likeness (QED) is 0.221. The van der Waals surface area contributed by atoms with Gasteiger partial charge in [-0.25, -0.2) is 0 Å². The Labute approximate surface area is 198 Å². The molecule has 1 atom stereocenters. The smallest absolute Gasteiger partial charge is 0.0796 e. The van der Waals surface area contributed by atoms with Crippen molar-refractivity contribution in [2.75, 3.05) is 19.6 Å². The maximum absolute atomic E-state index is 10.9. The van der Waals surface area contributed by atoms with E-state index in [2.05, 4.69) is 61.2 Å². The molecule has 0 saturated carbocycles. The number of hydrogen-bond acceptors (Lipinski definition) is 2. The molecule has 2 nitrogen and oxygen atoms in total. The highest BCUT2D eigenvalue weighted by Crippen LogP contribution is 2.27. The van der Waals surface area contributed by atoms with Gasteiger partial charge in [0, 0.05) is 0 Å². The lowest BCUT2D eigenvalue weighted by atomic mass is 9.98. The molecular weight excluding hydrogens is 390 g/mol. The van der Waals surface area contributed by atoms with Crippen molar-refractivity contribution < 1.29 is 5.11 Å². The summed E-state index contributed by atoms with van der Waals surface area (Å²) in [6, 6.07) is 14.7. The summed E-state index contributed by atoms with van der Waals surface area (Å²) < 4.78 is 0. The molecule has 2 aromatic carbocycles. The second kappa shape index (κ2) is 17.1. The molecule has 0 aliphatic rings. The highest BCUT2D eigenvalue weighted by Gasteiger charge is 2.12. The fraction of sp³-hybridized carbons (Fsp3) is 0.667. The first kappa shape index (κ1) is 26.9. The van der Waals surface area contributed by atoms with E-state index in [0.717, 1.165) is 24.9 Å². The summed E-state index contributed by atoms with van der Waals surface area (Å²) in [5.41, 5.74) is 1.08. The molecule has 0 bridgehead atoms. The van der Waals surface area contributed by atoms with E-state index >= 15 is 0 Å². The first-order valence-electron chi connectivity index (χ1n) is 13.6. The minimum Gasteiger partial charge on any atom is -0.388 e. The van der Waals surface area contributed by atoms with E-state index in [9.17, 15) is 5.11 Å². The van der Waals surface area contributed by atoms with Crippen LogP contribution in [0, 0.1) is 0 Å². The van der Waals surface area contributed by atoms with E-state index in [0.29, 0.717) is 0 Å². The van der Waals surface area contributed by atoms with Crippen LogP contribution in [-0.2, 0) is 0 Å². The van der Waals surface area contributed by atoms with Crippen LogP contribution in [0.2, 0.25) is 0 Å². The minimum absolute atomic E-state index is 0.369. The molecule has 0 radical (unpaired) electrons. The molecule has 0 fully saturated rings. The number of aliphatic hydroxyl groups is 1. The van der Waals surface area contributed by atoms with Crippen LogP contribution in [0.4, 0.5) is 0 Å². The maximum Gasteiger partial charge on any atom is 0.0796 e. The third-order valence-corrected chi connectivity index (χ3v) is 6.79. The van der Waals surface area contributed by atoms with Gasteiger partial charge in [0.25, 0.3) is 0 Å². The molecule has 1 N–H and O–H groups in total. The number of nitrogens with zero attached hydrogens (tertiary/aromatic N) is 1. The van der Waals surface area contributed by atoms with Gasteiger partial charge in [-0.05, 0) is 61.7 Å². The molecule has 0 amide bonds. The van der Waals surface area contributed by atoms with Crippen molar-refractivity contribution in [2.45, 2.75) is 110 Å². The van der Waals surface area contributed by atoms with Gasteiger partial charge in [0.1, 0.15) is 0 Å². The molecule has 0 aliphatic heterocycles. The number of fused-ring (bicyclic) bond motifs is 1. The van der Waals surface area contributed by atoms with E-state index < -0.39 is 0 Å². The largest absolute Gasteiger partial charge is 0.388 e. The summed E-state index contributed by atoms with van der Waals surface area (Å²) in [4.78, 5) is 2.68. The highest BCUT2D eigenvalue weighted by atomic mass is 16.3. The minimum atomic E-state index is -0.369. The lowest BCUT2D eigenvalue weighted by molar-refractivity contribution is 0.155. The second-order valence-electron chi connectivity index (χ2n) is 9.60. The summed E-state index contributed by atoms with van der Waals surface area (Å²) in [7, 11) is 0. The second-order valence-corrected chi connectivity index (χ2v) is 9.60. The van der Waals surface area contributed by atoms with Crippen molar-refractivity contribution in [3.05, 3.63) is 48.0 Å². The normalized spacial score (nSPS) is 12.6. The predicted octanol–water partition coefficient (Wildman–Crippen LogP) is 8.68. The van der Waals surface area contributed by atoms with Crippen LogP contribution in [0.1, 0.15) is 115 Å². The third kappa shape index (κ3) is 10.5. The Morgan fingerprint density at radius 1 is 0.625 bits per heavy atom. The molecule has 0 aromatic heterocycles. The van der Waals surface area contributed by atoms with Crippen LogP contribution < -0.4 is 0 Å². The zero-order valence-corrected chi connectivity index (χ0v) is 21.0. The van der Waals surface area contributed by atoms with Crippen molar-refractivity contribution >= 4 is 10.8 Å². The Morgan fingerprint density at radius 2 is 1.16 bits per heavy atom. The van der Waals surface area contributed by atoms with E-state index in [-0.39, 0.29) is 6.10 Å². The van der Waals surface area contributed by atoms with Gasteiger partial charge in [0.05, 0.1) is 6.10 Å². The van der Waals surface area contributed by atoms with Gasteiger partial charge in [-0.1, -0.05) is 121 Å². The number of benzene rings is 2. The van der Waals surface area contributed by atoms with Gasteiger partial charge in [0.15, 0.2) is 0 Å². The Bertz CT molecular complexity index is 692. The van der Waals surface area contributed by atoms with Crippen LogP contribution >= 0.6 is 0 Å². The van der Waals surface area contributed by atoms with E-state index in [1.165, 1.54) is 101 Å². The Kier molecular flexibility index (Phi) is 14.4. The zero-order valence-electron chi connectivity index (χ0n) is 21.0. The van der Waals surface area contributed by atoms with Gasteiger partial charge < -0.3 is 10.0 Å². The Balaban J connectivity index is 1.77. The first-order chi connectivity index (χ1) is 15.8. The standard InChI is InChI=1S/C30H49NO/c1-3-5-7-9-11-15-24-31(25-16-12-10-8-6-4-2)26-18-23-30(32)29-22-17-20-27-19-13-14-21-28(27)29/h13-14,17,19-22,30,32H,3-12,15-16,18,23-26H2,1-2H3. The molecule has 0 heterocycles. The summed E-state index contributed by atoms with van der Waals surface area (Å²) in [6.45, 7) is 8.15. The Morgan fingerprint density at radius 3 is 1.81 bits per heavy atom. The molecule has 1 unspecified atom stereocenters. The van der Waals surface area contributed by atoms with Crippen LogP contribution in [-0.4, -0.2) is 29.6 Å².